The van der Waals surface area contributed by atoms with E-state index in [-0.39, 0.29) is 11.2 Å². The summed E-state index contributed by atoms with van der Waals surface area (Å²) in [6.07, 6.45) is 4.73. The fourth-order valence-electron chi connectivity index (χ4n) is 3.06. The third-order valence-corrected chi connectivity index (χ3v) is 3.77. The highest BCUT2D eigenvalue weighted by Gasteiger charge is 2.47. The summed E-state index contributed by atoms with van der Waals surface area (Å²) < 4.78 is 6.14. The molecule has 0 aromatic carbocycles. The zero-order valence-electron chi connectivity index (χ0n) is 12.3. The predicted octanol–water partition coefficient (Wildman–Crippen LogP) is 2.39. The van der Waals surface area contributed by atoms with Crippen LogP contribution in [0.25, 0.3) is 0 Å². The molecule has 1 aliphatic rings. The molecule has 0 aromatic rings. The maximum atomic E-state index is 6.14. The topological polar surface area (TPSA) is 38.5 Å². The minimum Gasteiger partial charge on any atom is -0.368 e. The Morgan fingerprint density at radius 3 is 2.29 bits per heavy atom. The largest absolute Gasteiger partial charge is 0.368 e. The Kier molecular flexibility index (Phi) is 4.99. The van der Waals surface area contributed by atoms with Crippen LogP contribution in [0.4, 0.5) is 0 Å². The molecule has 0 spiro atoms. The van der Waals surface area contributed by atoms with Crippen LogP contribution >= 0.6 is 0 Å². The zero-order chi connectivity index (χ0) is 13.1. The maximum Gasteiger partial charge on any atom is 0.0789 e. The maximum absolute atomic E-state index is 6.14. The van der Waals surface area contributed by atoms with E-state index in [0.29, 0.717) is 6.04 Å². The first kappa shape index (κ1) is 14.9. The Morgan fingerprint density at radius 2 is 1.82 bits per heavy atom. The number of hydrogen-bond donors (Lipinski definition) is 1. The minimum atomic E-state index is -0.0356. The minimum absolute atomic E-state index is 0.0136. The standard InChI is InChI=1S/C14H30N2O/c1-13(2)11-12(14(3,4)17-13)16(5)10-8-6-7-9-15/h12H,6-11,15H2,1-5H3. The van der Waals surface area contributed by atoms with Gasteiger partial charge in [0.05, 0.1) is 11.2 Å². The van der Waals surface area contributed by atoms with E-state index < -0.39 is 0 Å². The molecule has 1 atom stereocenters. The van der Waals surface area contributed by atoms with E-state index in [9.17, 15) is 0 Å². The molecule has 0 amide bonds. The van der Waals surface area contributed by atoms with Gasteiger partial charge in [0.25, 0.3) is 0 Å². The summed E-state index contributed by atoms with van der Waals surface area (Å²) in [6, 6.07) is 0.523. The molecule has 1 aliphatic heterocycles. The van der Waals surface area contributed by atoms with Crippen LogP contribution in [0.1, 0.15) is 53.4 Å². The summed E-state index contributed by atoms with van der Waals surface area (Å²) >= 11 is 0. The van der Waals surface area contributed by atoms with Gasteiger partial charge in [-0.3, -0.25) is 0 Å². The molecule has 102 valence electrons. The Morgan fingerprint density at radius 1 is 1.18 bits per heavy atom. The quantitative estimate of drug-likeness (QED) is 0.727. The van der Waals surface area contributed by atoms with Gasteiger partial charge in [-0.15, -0.1) is 0 Å². The molecule has 3 heteroatoms. The van der Waals surface area contributed by atoms with Crippen molar-refractivity contribution in [2.45, 2.75) is 70.6 Å². The molecule has 1 heterocycles. The van der Waals surface area contributed by atoms with Crippen molar-refractivity contribution >= 4 is 0 Å². The van der Waals surface area contributed by atoms with Crippen LogP contribution in [0.5, 0.6) is 0 Å². The number of nitrogens with two attached hydrogens (primary N) is 1. The molecule has 0 radical (unpaired) electrons. The zero-order valence-corrected chi connectivity index (χ0v) is 12.3. The van der Waals surface area contributed by atoms with Crippen molar-refractivity contribution in [1.82, 2.24) is 4.90 Å². The molecule has 1 unspecified atom stereocenters. The van der Waals surface area contributed by atoms with E-state index in [1.54, 1.807) is 0 Å². The van der Waals surface area contributed by atoms with Gasteiger partial charge in [-0.05, 0) is 67.1 Å². The number of hydrogen-bond acceptors (Lipinski definition) is 3. The summed E-state index contributed by atoms with van der Waals surface area (Å²) in [7, 11) is 2.22. The second-order valence-electron chi connectivity index (χ2n) is 6.52. The van der Waals surface area contributed by atoms with Crippen molar-refractivity contribution < 1.29 is 4.74 Å². The Hall–Kier alpha value is -0.120. The fourth-order valence-corrected chi connectivity index (χ4v) is 3.06. The Bertz CT molecular complexity index is 238. The number of unbranched alkanes of at least 4 members (excludes halogenated alkanes) is 2. The summed E-state index contributed by atoms with van der Waals surface area (Å²) in [5.74, 6) is 0. The van der Waals surface area contributed by atoms with E-state index in [4.69, 9.17) is 10.5 Å². The highest BCUT2D eigenvalue weighted by Crippen LogP contribution is 2.39. The van der Waals surface area contributed by atoms with Gasteiger partial charge in [0.2, 0.25) is 0 Å². The Labute approximate surface area is 107 Å². The van der Waals surface area contributed by atoms with Crippen LogP contribution in [-0.2, 0) is 4.74 Å². The summed E-state index contributed by atoms with van der Waals surface area (Å²) in [5, 5.41) is 0. The van der Waals surface area contributed by atoms with Gasteiger partial charge in [-0.1, -0.05) is 6.42 Å². The number of likely N-dealkylation sites (N-methyl/N-ethyl adjacent to an activating group) is 1. The van der Waals surface area contributed by atoms with E-state index in [1.165, 1.54) is 12.8 Å². The smallest absolute Gasteiger partial charge is 0.0789 e. The third-order valence-electron chi connectivity index (χ3n) is 3.77. The average Bonchev–Trinajstić information content (AvgIpc) is 2.41. The highest BCUT2D eigenvalue weighted by atomic mass is 16.5. The first-order valence-electron chi connectivity index (χ1n) is 6.89. The van der Waals surface area contributed by atoms with Gasteiger partial charge in [-0.2, -0.15) is 0 Å². The molecule has 0 aliphatic carbocycles. The summed E-state index contributed by atoms with van der Waals surface area (Å²) in [4.78, 5) is 2.46. The summed E-state index contributed by atoms with van der Waals surface area (Å²) in [6.45, 7) is 10.8. The lowest BCUT2D eigenvalue weighted by atomic mass is 9.93. The predicted molar refractivity (Wildman–Crippen MR) is 73.2 cm³/mol. The van der Waals surface area contributed by atoms with Crippen LogP contribution in [-0.4, -0.2) is 42.3 Å². The second-order valence-corrected chi connectivity index (χ2v) is 6.52. The molecule has 1 saturated heterocycles. The van der Waals surface area contributed by atoms with Crippen LogP contribution < -0.4 is 5.73 Å². The lowest BCUT2D eigenvalue weighted by Crippen LogP contribution is -2.44. The van der Waals surface area contributed by atoms with Gasteiger partial charge in [-0.25, -0.2) is 0 Å². The van der Waals surface area contributed by atoms with Gasteiger partial charge in [0.15, 0.2) is 0 Å². The van der Waals surface area contributed by atoms with Crippen LogP contribution in [0.3, 0.4) is 0 Å². The summed E-state index contributed by atoms with van der Waals surface area (Å²) in [5.41, 5.74) is 5.49. The molecule has 0 bridgehead atoms. The van der Waals surface area contributed by atoms with Crippen LogP contribution in [0.15, 0.2) is 0 Å². The van der Waals surface area contributed by atoms with Crippen LogP contribution in [0.2, 0.25) is 0 Å². The van der Waals surface area contributed by atoms with Gasteiger partial charge in [0, 0.05) is 6.04 Å². The van der Waals surface area contributed by atoms with E-state index >= 15 is 0 Å². The molecule has 17 heavy (non-hydrogen) atoms. The molecular weight excluding hydrogens is 212 g/mol. The van der Waals surface area contributed by atoms with Crippen LogP contribution in [0, 0.1) is 0 Å². The van der Waals surface area contributed by atoms with Crippen molar-refractivity contribution in [3.63, 3.8) is 0 Å². The third kappa shape index (κ3) is 4.23. The number of rotatable bonds is 6. The lowest BCUT2D eigenvalue weighted by molar-refractivity contribution is -0.0786. The van der Waals surface area contributed by atoms with Gasteiger partial charge in [0.1, 0.15) is 0 Å². The normalized spacial score (nSPS) is 26.6. The Balaban J connectivity index is 2.43. The number of ether oxygens (including phenoxy) is 1. The van der Waals surface area contributed by atoms with Crippen molar-refractivity contribution in [2.75, 3.05) is 20.1 Å². The molecular formula is C14H30N2O. The molecule has 1 rings (SSSR count). The fraction of sp³-hybridized carbons (Fsp3) is 1.00. The molecule has 0 aromatic heterocycles. The molecule has 1 fully saturated rings. The lowest BCUT2D eigenvalue weighted by Gasteiger charge is -2.33. The first-order valence-corrected chi connectivity index (χ1v) is 6.89. The SMILES string of the molecule is CN(CCCCCN)C1CC(C)(C)OC1(C)C. The second kappa shape index (κ2) is 5.68. The van der Waals surface area contributed by atoms with E-state index in [2.05, 4.69) is 39.6 Å². The molecule has 3 nitrogen and oxygen atoms in total. The molecule has 0 saturated carbocycles. The van der Waals surface area contributed by atoms with Crippen molar-refractivity contribution in [3.05, 3.63) is 0 Å². The number of nitrogens with zero attached hydrogens (tertiary/aromatic N) is 1. The van der Waals surface area contributed by atoms with E-state index in [0.717, 1.165) is 25.9 Å². The van der Waals surface area contributed by atoms with Gasteiger partial charge < -0.3 is 15.4 Å². The van der Waals surface area contributed by atoms with Crippen molar-refractivity contribution in [2.24, 2.45) is 5.73 Å². The highest BCUT2D eigenvalue weighted by molar-refractivity contribution is 4.99. The van der Waals surface area contributed by atoms with E-state index in [1.807, 2.05) is 0 Å². The average molecular weight is 242 g/mol. The first-order chi connectivity index (χ1) is 7.78. The van der Waals surface area contributed by atoms with Crippen molar-refractivity contribution in [3.8, 4) is 0 Å². The van der Waals surface area contributed by atoms with Gasteiger partial charge >= 0.3 is 0 Å². The van der Waals surface area contributed by atoms with Crippen molar-refractivity contribution in [1.29, 1.82) is 0 Å². The molecule has 2 N–H and O–H groups in total. The monoisotopic (exact) mass is 242 g/mol.